The maximum atomic E-state index is 15.0. The fourth-order valence-corrected chi connectivity index (χ4v) is 6.42. The summed E-state index contributed by atoms with van der Waals surface area (Å²) >= 11 is 0. The minimum Gasteiger partial charge on any atom is -0.339 e. The van der Waals surface area contributed by atoms with E-state index < -0.39 is 23.6 Å². The van der Waals surface area contributed by atoms with Crippen LogP contribution in [0.4, 0.5) is 30.7 Å². The van der Waals surface area contributed by atoms with Crippen LogP contribution in [0.2, 0.25) is 0 Å². The van der Waals surface area contributed by atoms with Crippen LogP contribution in [0.25, 0.3) is 0 Å². The van der Waals surface area contributed by atoms with Crippen LogP contribution in [-0.2, 0) is 16.9 Å². The van der Waals surface area contributed by atoms with Crippen LogP contribution in [0.5, 0.6) is 0 Å². The summed E-state index contributed by atoms with van der Waals surface area (Å²) in [6, 6.07) is 1.19. The number of likely N-dealkylation sites (tertiary alicyclic amines) is 1. The van der Waals surface area contributed by atoms with Gasteiger partial charge in [0.1, 0.15) is 0 Å². The smallest absolute Gasteiger partial charge is 0.339 e. The zero-order chi connectivity index (χ0) is 24.3. The fourth-order valence-electron chi connectivity index (χ4n) is 6.42. The van der Waals surface area contributed by atoms with E-state index in [0.717, 1.165) is 46.0 Å². The van der Waals surface area contributed by atoms with Gasteiger partial charge in [-0.2, -0.15) is 26.3 Å². The molecule has 1 aromatic carbocycles. The second-order valence-corrected chi connectivity index (χ2v) is 9.78. The number of fused-ring (bicyclic) bond motifs is 3. The van der Waals surface area contributed by atoms with Crippen molar-refractivity contribution >= 4 is 5.91 Å². The van der Waals surface area contributed by atoms with Crippen molar-refractivity contribution in [2.45, 2.75) is 95.2 Å². The van der Waals surface area contributed by atoms with Crippen molar-refractivity contribution in [1.29, 1.82) is 0 Å². The summed E-state index contributed by atoms with van der Waals surface area (Å²) in [5.74, 6) is -0.0402. The van der Waals surface area contributed by atoms with E-state index in [2.05, 4.69) is 0 Å². The number of carbonyl (C=O) groups is 1. The first-order chi connectivity index (χ1) is 15.3. The molecular weight excluding hydrogens is 451 g/mol. The lowest BCUT2D eigenvalue weighted by Gasteiger charge is -2.38. The third kappa shape index (κ3) is 3.73. The van der Waals surface area contributed by atoms with E-state index in [4.69, 9.17) is 0 Å². The van der Waals surface area contributed by atoms with Gasteiger partial charge in [-0.1, -0.05) is 25.3 Å². The first kappa shape index (κ1) is 24.3. The molecule has 0 bridgehead atoms. The van der Waals surface area contributed by atoms with Crippen molar-refractivity contribution in [2.75, 3.05) is 6.54 Å². The molecule has 1 saturated carbocycles. The third-order valence-corrected chi connectivity index (χ3v) is 7.94. The van der Waals surface area contributed by atoms with E-state index in [-0.39, 0.29) is 41.3 Å². The zero-order valence-corrected chi connectivity index (χ0v) is 18.7. The molecule has 184 valence electrons. The Morgan fingerprint density at radius 2 is 1.52 bits per heavy atom. The minimum atomic E-state index is -6.14. The van der Waals surface area contributed by atoms with Crippen molar-refractivity contribution < 1.29 is 35.5 Å². The Balaban J connectivity index is 1.71. The van der Waals surface area contributed by atoms with Gasteiger partial charge in [-0.25, -0.2) is 4.39 Å². The summed E-state index contributed by atoms with van der Waals surface area (Å²) in [6.07, 6.45) is -6.12. The Bertz CT molecular complexity index is 916. The van der Waals surface area contributed by atoms with E-state index in [1.165, 1.54) is 6.07 Å². The zero-order valence-electron chi connectivity index (χ0n) is 18.7. The number of hydrogen-bond donors (Lipinski definition) is 0. The standard InChI is InChI=1S/C24H28F7NO/c1-13-12-18-16(14(2)20(13)22(25,23(26,27)28)24(29,30)31)8-9-19-17(18)10-11-32(19)21(33)15-6-4-3-5-7-15/h12,15,17,19H,3-11H2,1-2H3. The fraction of sp³-hybridized carbons (Fsp3) is 0.708. The average Bonchev–Trinajstić information content (AvgIpc) is 3.16. The maximum absolute atomic E-state index is 15.0. The Kier molecular flexibility index (Phi) is 6.01. The summed E-state index contributed by atoms with van der Waals surface area (Å²) in [5.41, 5.74) is -6.39. The van der Waals surface area contributed by atoms with Crippen LogP contribution in [0.3, 0.4) is 0 Å². The van der Waals surface area contributed by atoms with E-state index in [1.807, 2.05) is 4.90 Å². The highest BCUT2D eigenvalue weighted by Gasteiger charge is 2.74. The molecule has 3 aliphatic rings. The Hall–Kier alpha value is -1.80. The number of halogens is 7. The minimum absolute atomic E-state index is 0.00419. The number of rotatable bonds is 2. The molecule has 2 aliphatic carbocycles. The third-order valence-electron chi connectivity index (χ3n) is 7.94. The van der Waals surface area contributed by atoms with Crippen molar-refractivity contribution in [2.24, 2.45) is 5.92 Å². The highest BCUT2D eigenvalue weighted by Crippen LogP contribution is 2.56. The van der Waals surface area contributed by atoms with Crippen LogP contribution < -0.4 is 0 Å². The molecule has 1 heterocycles. The number of aryl methyl sites for hydroxylation is 1. The van der Waals surface area contributed by atoms with E-state index in [1.54, 1.807) is 0 Å². The van der Waals surface area contributed by atoms with Crippen LogP contribution >= 0.6 is 0 Å². The number of carbonyl (C=O) groups excluding carboxylic acids is 1. The number of nitrogens with zero attached hydrogens (tertiary/aromatic N) is 1. The predicted molar refractivity (Wildman–Crippen MR) is 109 cm³/mol. The Morgan fingerprint density at radius 3 is 2.09 bits per heavy atom. The van der Waals surface area contributed by atoms with Gasteiger partial charge < -0.3 is 4.90 Å². The molecule has 2 fully saturated rings. The van der Waals surface area contributed by atoms with Gasteiger partial charge in [-0.15, -0.1) is 0 Å². The van der Waals surface area contributed by atoms with Crippen molar-refractivity contribution in [3.05, 3.63) is 33.9 Å². The molecule has 0 spiro atoms. The topological polar surface area (TPSA) is 20.3 Å². The number of alkyl halides is 7. The molecule has 2 nitrogen and oxygen atoms in total. The molecule has 0 aromatic heterocycles. The molecule has 2 unspecified atom stereocenters. The van der Waals surface area contributed by atoms with Gasteiger partial charge in [0.05, 0.1) is 0 Å². The van der Waals surface area contributed by atoms with Gasteiger partial charge >= 0.3 is 18.0 Å². The monoisotopic (exact) mass is 479 g/mol. The lowest BCUT2D eigenvalue weighted by atomic mass is 9.73. The van der Waals surface area contributed by atoms with Crippen LogP contribution in [-0.4, -0.2) is 35.7 Å². The van der Waals surface area contributed by atoms with Gasteiger partial charge in [0.2, 0.25) is 5.91 Å². The number of amides is 1. The van der Waals surface area contributed by atoms with Gasteiger partial charge in [-0.3, -0.25) is 4.79 Å². The van der Waals surface area contributed by atoms with E-state index >= 15 is 0 Å². The van der Waals surface area contributed by atoms with Gasteiger partial charge in [0, 0.05) is 30.0 Å². The molecule has 1 saturated heterocycles. The maximum Gasteiger partial charge on any atom is 0.435 e. The normalized spacial score (nSPS) is 24.6. The highest BCUT2D eigenvalue weighted by atomic mass is 19.4. The van der Waals surface area contributed by atoms with Gasteiger partial charge in [0.25, 0.3) is 0 Å². The lowest BCUT2D eigenvalue weighted by Crippen LogP contribution is -2.51. The summed E-state index contributed by atoms with van der Waals surface area (Å²) in [7, 11) is 0. The summed E-state index contributed by atoms with van der Waals surface area (Å²) in [4.78, 5) is 15.0. The molecule has 4 rings (SSSR count). The van der Waals surface area contributed by atoms with Crippen molar-refractivity contribution in [3.8, 4) is 0 Å². The summed E-state index contributed by atoms with van der Waals surface area (Å²) in [6.45, 7) is 2.80. The van der Waals surface area contributed by atoms with Crippen LogP contribution in [0.1, 0.15) is 78.7 Å². The van der Waals surface area contributed by atoms with Crippen LogP contribution in [0, 0.1) is 19.8 Å². The number of hydrogen-bond acceptors (Lipinski definition) is 1. The van der Waals surface area contributed by atoms with Crippen molar-refractivity contribution in [1.82, 2.24) is 4.90 Å². The molecule has 1 aliphatic heterocycles. The molecule has 33 heavy (non-hydrogen) atoms. The van der Waals surface area contributed by atoms with E-state index in [0.29, 0.717) is 30.5 Å². The summed E-state index contributed by atoms with van der Waals surface area (Å²) < 4.78 is 95.8. The van der Waals surface area contributed by atoms with Gasteiger partial charge in [-0.05, 0) is 68.2 Å². The molecule has 2 atom stereocenters. The molecule has 9 heteroatoms. The largest absolute Gasteiger partial charge is 0.435 e. The van der Waals surface area contributed by atoms with E-state index in [9.17, 15) is 35.5 Å². The quantitative estimate of drug-likeness (QED) is 0.427. The molecule has 1 amide bonds. The first-order valence-electron chi connectivity index (χ1n) is 11.5. The SMILES string of the molecule is Cc1cc2c(c(C)c1C(F)(C(F)(F)F)C(F)(F)F)CCC1C2CCN1C(=O)C1CCCCC1. The first-order valence-corrected chi connectivity index (χ1v) is 11.5. The molecule has 1 aromatic rings. The molecule has 0 radical (unpaired) electrons. The summed E-state index contributed by atoms with van der Waals surface area (Å²) in [5, 5.41) is 0. The number of benzene rings is 1. The second-order valence-electron chi connectivity index (χ2n) is 9.78. The average molecular weight is 479 g/mol. The lowest BCUT2D eigenvalue weighted by molar-refractivity contribution is -0.349. The van der Waals surface area contributed by atoms with Gasteiger partial charge in [0.15, 0.2) is 0 Å². The predicted octanol–water partition coefficient (Wildman–Crippen LogP) is 6.80. The Morgan fingerprint density at radius 1 is 0.909 bits per heavy atom. The highest BCUT2D eigenvalue weighted by molar-refractivity contribution is 5.80. The Labute approximate surface area is 188 Å². The molecular formula is C24H28F7NO. The van der Waals surface area contributed by atoms with Crippen LogP contribution in [0.15, 0.2) is 6.07 Å². The second kappa shape index (κ2) is 8.15. The molecule has 0 N–H and O–H groups in total. The van der Waals surface area contributed by atoms with Crippen molar-refractivity contribution in [3.63, 3.8) is 0 Å².